The highest BCUT2D eigenvalue weighted by Crippen LogP contribution is 2.25. The zero-order valence-corrected chi connectivity index (χ0v) is 11.8. The van der Waals surface area contributed by atoms with E-state index >= 15 is 0 Å². The molecule has 1 aromatic heterocycles. The summed E-state index contributed by atoms with van der Waals surface area (Å²) in [6, 6.07) is 4.45. The number of nitrogens with one attached hydrogen (secondary N) is 1. The van der Waals surface area contributed by atoms with Gasteiger partial charge in [0.25, 0.3) is 5.91 Å². The topological polar surface area (TPSA) is 68.0 Å². The Morgan fingerprint density at radius 1 is 1.37 bits per heavy atom. The zero-order valence-electron chi connectivity index (χ0n) is 10.3. The van der Waals surface area contributed by atoms with E-state index in [0.29, 0.717) is 22.4 Å². The Kier molecular flexibility index (Phi) is 4.07. The van der Waals surface area contributed by atoms with Gasteiger partial charge in [-0.25, -0.2) is 0 Å². The predicted octanol–water partition coefficient (Wildman–Crippen LogP) is 3.18. The highest BCUT2D eigenvalue weighted by Gasteiger charge is 2.18. The van der Waals surface area contributed by atoms with Crippen LogP contribution in [0.1, 0.15) is 35.1 Å². The van der Waals surface area contributed by atoms with E-state index in [2.05, 4.69) is 15.5 Å². The number of benzene rings is 1. The monoisotopic (exact) mass is 299 g/mol. The predicted molar refractivity (Wildman–Crippen MR) is 71.4 cm³/mol. The van der Waals surface area contributed by atoms with Crippen LogP contribution in [0.15, 0.2) is 22.6 Å². The minimum absolute atomic E-state index is 0.218. The highest BCUT2D eigenvalue weighted by molar-refractivity contribution is 6.43. The molecule has 0 saturated heterocycles. The van der Waals surface area contributed by atoms with E-state index in [4.69, 9.17) is 27.6 Å². The lowest BCUT2D eigenvalue weighted by Crippen LogP contribution is -2.27. The van der Waals surface area contributed by atoms with Gasteiger partial charge in [0.05, 0.1) is 15.6 Å². The molecule has 2 rings (SSSR count). The third-order valence-corrected chi connectivity index (χ3v) is 3.27. The minimum Gasteiger partial charge on any atom is -0.423 e. The van der Waals surface area contributed by atoms with Crippen LogP contribution in [0.2, 0.25) is 10.0 Å². The molecular formula is C12H11Cl2N3O2. The standard InChI is InChI=1S/C12H11Cl2N3O2/c1-6(12-17-16-7(2)19-12)15-11(18)8-4-3-5-9(13)10(8)14/h3-6H,1-2H3,(H,15,18). The average Bonchev–Trinajstić information content (AvgIpc) is 2.79. The number of rotatable bonds is 3. The van der Waals surface area contributed by atoms with Crippen molar-refractivity contribution >= 4 is 29.1 Å². The molecule has 0 aliphatic rings. The van der Waals surface area contributed by atoms with E-state index in [9.17, 15) is 4.79 Å². The summed E-state index contributed by atoms with van der Waals surface area (Å²) in [6.07, 6.45) is 0. The molecular weight excluding hydrogens is 289 g/mol. The van der Waals surface area contributed by atoms with Gasteiger partial charge in [0.2, 0.25) is 11.8 Å². The zero-order chi connectivity index (χ0) is 14.0. The van der Waals surface area contributed by atoms with Crippen LogP contribution in [0.3, 0.4) is 0 Å². The highest BCUT2D eigenvalue weighted by atomic mass is 35.5. The summed E-state index contributed by atoms with van der Waals surface area (Å²) in [6.45, 7) is 3.42. The summed E-state index contributed by atoms with van der Waals surface area (Å²) in [7, 11) is 0. The van der Waals surface area contributed by atoms with E-state index in [-0.39, 0.29) is 10.9 Å². The number of carbonyl (C=O) groups excluding carboxylic acids is 1. The van der Waals surface area contributed by atoms with Crippen LogP contribution in [0.4, 0.5) is 0 Å². The molecule has 1 aromatic carbocycles. The molecule has 0 spiro atoms. The molecule has 1 amide bonds. The fourth-order valence-corrected chi connectivity index (χ4v) is 1.89. The van der Waals surface area contributed by atoms with Crippen molar-refractivity contribution in [3.63, 3.8) is 0 Å². The first kappa shape index (κ1) is 13.8. The van der Waals surface area contributed by atoms with Gasteiger partial charge in [-0.1, -0.05) is 29.3 Å². The van der Waals surface area contributed by atoms with Crippen LogP contribution < -0.4 is 5.32 Å². The Morgan fingerprint density at radius 3 is 2.74 bits per heavy atom. The number of carbonyl (C=O) groups is 1. The normalized spacial score (nSPS) is 12.2. The number of hydrogen-bond acceptors (Lipinski definition) is 4. The Labute approximate surface area is 119 Å². The summed E-state index contributed by atoms with van der Waals surface area (Å²) >= 11 is 11.8. The Bertz CT molecular complexity index is 613. The first-order valence-corrected chi connectivity index (χ1v) is 6.29. The van der Waals surface area contributed by atoms with E-state index in [1.165, 1.54) is 0 Å². The number of amides is 1. The number of aryl methyl sites for hydroxylation is 1. The van der Waals surface area contributed by atoms with Gasteiger partial charge in [0.15, 0.2) is 0 Å². The molecule has 0 bridgehead atoms. The molecule has 0 aliphatic heterocycles. The molecule has 0 fully saturated rings. The van der Waals surface area contributed by atoms with E-state index in [0.717, 1.165) is 0 Å². The van der Waals surface area contributed by atoms with E-state index in [1.807, 2.05) is 0 Å². The summed E-state index contributed by atoms with van der Waals surface area (Å²) in [5.74, 6) is 0.428. The van der Waals surface area contributed by atoms with Gasteiger partial charge >= 0.3 is 0 Å². The van der Waals surface area contributed by atoms with Crippen LogP contribution in [0.5, 0.6) is 0 Å². The third kappa shape index (κ3) is 3.05. The number of nitrogens with zero attached hydrogens (tertiary/aromatic N) is 2. The molecule has 2 aromatic rings. The SMILES string of the molecule is Cc1nnc(C(C)NC(=O)c2cccc(Cl)c2Cl)o1. The van der Waals surface area contributed by atoms with Crippen molar-refractivity contribution in [2.75, 3.05) is 0 Å². The van der Waals surface area contributed by atoms with Crippen molar-refractivity contribution in [2.45, 2.75) is 19.9 Å². The maximum Gasteiger partial charge on any atom is 0.253 e. The second-order valence-electron chi connectivity index (χ2n) is 3.96. The molecule has 100 valence electrons. The number of aromatic nitrogens is 2. The third-order valence-electron chi connectivity index (χ3n) is 2.46. The maximum absolute atomic E-state index is 12.1. The maximum atomic E-state index is 12.1. The van der Waals surface area contributed by atoms with Gasteiger partial charge in [0.1, 0.15) is 6.04 Å². The van der Waals surface area contributed by atoms with E-state index < -0.39 is 6.04 Å². The first-order valence-electron chi connectivity index (χ1n) is 5.54. The Balaban J connectivity index is 2.15. The van der Waals surface area contributed by atoms with Gasteiger partial charge in [-0.15, -0.1) is 10.2 Å². The van der Waals surface area contributed by atoms with Crippen LogP contribution in [0.25, 0.3) is 0 Å². The average molecular weight is 300 g/mol. The Morgan fingerprint density at radius 2 is 2.11 bits per heavy atom. The molecule has 1 unspecified atom stereocenters. The van der Waals surface area contributed by atoms with Gasteiger partial charge in [-0.2, -0.15) is 0 Å². The lowest BCUT2D eigenvalue weighted by molar-refractivity contribution is 0.0934. The van der Waals surface area contributed by atoms with Gasteiger partial charge < -0.3 is 9.73 Å². The molecule has 0 radical (unpaired) electrons. The molecule has 5 nitrogen and oxygen atoms in total. The van der Waals surface area contributed by atoms with E-state index in [1.54, 1.807) is 32.0 Å². The summed E-state index contributed by atoms with van der Waals surface area (Å²) < 4.78 is 5.24. The summed E-state index contributed by atoms with van der Waals surface area (Å²) in [4.78, 5) is 12.1. The van der Waals surface area contributed by atoms with Crippen molar-refractivity contribution < 1.29 is 9.21 Å². The number of hydrogen-bond donors (Lipinski definition) is 1. The van der Waals surface area contributed by atoms with Gasteiger partial charge in [0, 0.05) is 6.92 Å². The van der Waals surface area contributed by atoms with Crippen LogP contribution >= 0.6 is 23.2 Å². The van der Waals surface area contributed by atoms with Crippen molar-refractivity contribution in [2.24, 2.45) is 0 Å². The smallest absolute Gasteiger partial charge is 0.253 e. The van der Waals surface area contributed by atoms with Crippen LogP contribution in [-0.4, -0.2) is 16.1 Å². The molecule has 0 saturated carbocycles. The minimum atomic E-state index is -0.413. The van der Waals surface area contributed by atoms with Crippen molar-refractivity contribution in [1.29, 1.82) is 0 Å². The summed E-state index contributed by atoms with van der Waals surface area (Å²) in [5.41, 5.74) is 0.303. The lowest BCUT2D eigenvalue weighted by Gasteiger charge is -2.11. The van der Waals surface area contributed by atoms with Crippen molar-refractivity contribution in [3.8, 4) is 0 Å². The second-order valence-corrected chi connectivity index (χ2v) is 4.74. The molecule has 1 atom stereocenters. The molecule has 7 heteroatoms. The fourth-order valence-electron chi connectivity index (χ4n) is 1.50. The second kappa shape index (κ2) is 5.59. The molecule has 1 N–H and O–H groups in total. The fraction of sp³-hybridized carbons (Fsp3) is 0.250. The van der Waals surface area contributed by atoms with Gasteiger partial charge in [-0.3, -0.25) is 4.79 Å². The molecule has 0 aliphatic carbocycles. The molecule has 19 heavy (non-hydrogen) atoms. The quantitative estimate of drug-likeness (QED) is 0.945. The van der Waals surface area contributed by atoms with Crippen molar-refractivity contribution in [1.82, 2.24) is 15.5 Å². The molecule has 1 heterocycles. The van der Waals surface area contributed by atoms with Crippen LogP contribution in [0, 0.1) is 6.92 Å². The van der Waals surface area contributed by atoms with Crippen molar-refractivity contribution in [3.05, 3.63) is 45.6 Å². The Hall–Kier alpha value is -1.59. The lowest BCUT2D eigenvalue weighted by atomic mass is 10.2. The first-order chi connectivity index (χ1) is 8.99. The van der Waals surface area contributed by atoms with Crippen LogP contribution in [-0.2, 0) is 0 Å². The number of halogens is 2. The summed E-state index contributed by atoms with van der Waals surface area (Å²) in [5, 5.41) is 10.8. The largest absolute Gasteiger partial charge is 0.423 e. The van der Waals surface area contributed by atoms with Gasteiger partial charge in [-0.05, 0) is 19.1 Å².